The Morgan fingerprint density at radius 1 is 1.44 bits per heavy atom. The number of carbonyl (C=O) groups excluding carboxylic acids is 1. The van der Waals surface area contributed by atoms with E-state index in [0.29, 0.717) is 12.3 Å². The molecule has 0 spiro atoms. The summed E-state index contributed by atoms with van der Waals surface area (Å²) in [5.41, 5.74) is 0.962. The van der Waals surface area contributed by atoms with E-state index in [1.165, 1.54) is 0 Å². The second kappa shape index (κ2) is 5.30. The molecule has 0 aromatic carbocycles. The van der Waals surface area contributed by atoms with Gasteiger partial charge in [0, 0.05) is 19.9 Å². The van der Waals surface area contributed by atoms with E-state index >= 15 is 0 Å². The maximum atomic E-state index is 11.7. The van der Waals surface area contributed by atoms with Crippen LogP contribution in [0.25, 0.3) is 0 Å². The van der Waals surface area contributed by atoms with Crippen LogP contribution in [0.1, 0.15) is 37.7 Å². The van der Waals surface area contributed by atoms with Crippen molar-refractivity contribution >= 4 is 5.78 Å². The summed E-state index contributed by atoms with van der Waals surface area (Å²) in [5.74, 6) is 0.0430. The third-order valence-electron chi connectivity index (χ3n) is 2.46. The van der Waals surface area contributed by atoms with Gasteiger partial charge < -0.3 is 9.30 Å². The fraction of sp³-hybridized carbons (Fsp3) is 0.615. The largest absolute Gasteiger partial charge is 0.373 e. The first kappa shape index (κ1) is 13.0. The predicted molar refractivity (Wildman–Crippen MR) is 64.6 cm³/mol. The van der Waals surface area contributed by atoms with Crippen LogP contribution in [0.5, 0.6) is 0 Å². The minimum atomic E-state index is 0.0430. The van der Waals surface area contributed by atoms with Crippen LogP contribution < -0.4 is 0 Å². The van der Waals surface area contributed by atoms with Crippen LogP contribution in [0, 0.1) is 5.41 Å². The number of aryl methyl sites for hydroxylation is 1. The van der Waals surface area contributed by atoms with E-state index in [0.717, 1.165) is 6.42 Å². The van der Waals surface area contributed by atoms with Gasteiger partial charge in [-0.3, -0.25) is 4.79 Å². The van der Waals surface area contributed by atoms with Gasteiger partial charge in [0.1, 0.15) is 6.61 Å². The third-order valence-corrected chi connectivity index (χ3v) is 2.46. The smallest absolute Gasteiger partial charge is 0.204 e. The number of carbonyl (C=O) groups is 1. The Balaban J connectivity index is 2.29. The Kier molecular flexibility index (Phi) is 4.30. The van der Waals surface area contributed by atoms with Crippen molar-refractivity contribution in [3.05, 3.63) is 24.0 Å². The molecule has 3 nitrogen and oxygen atoms in total. The van der Waals surface area contributed by atoms with Crippen molar-refractivity contribution in [2.24, 2.45) is 12.5 Å². The molecule has 0 aliphatic heterocycles. The second-order valence-corrected chi connectivity index (χ2v) is 5.29. The number of ether oxygens (including phenoxy) is 1. The van der Waals surface area contributed by atoms with Gasteiger partial charge in [0.05, 0.1) is 5.69 Å². The lowest BCUT2D eigenvalue weighted by Crippen LogP contribution is -2.15. The van der Waals surface area contributed by atoms with Crippen molar-refractivity contribution in [3.63, 3.8) is 0 Å². The highest BCUT2D eigenvalue weighted by Gasteiger charge is 2.12. The zero-order valence-electron chi connectivity index (χ0n) is 10.6. The minimum Gasteiger partial charge on any atom is -0.373 e. The summed E-state index contributed by atoms with van der Waals surface area (Å²) < 4.78 is 7.20. The normalized spacial score (nSPS) is 11.8. The van der Waals surface area contributed by atoms with Gasteiger partial charge in [0.15, 0.2) is 0 Å². The van der Waals surface area contributed by atoms with Crippen molar-refractivity contribution in [2.45, 2.75) is 27.2 Å². The minimum absolute atomic E-state index is 0.0430. The molecule has 0 radical (unpaired) electrons. The summed E-state index contributed by atoms with van der Waals surface area (Å²) >= 11 is 0. The predicted octanol–water partition coefficient (Wildman–Crippen LogP) is 2.66. The van der Waals surface area contributed by atoms with Crippen LogP contribution in [0.2, 0.25) is 0 Å². The van der Waals surface area contributed by atoms with Crippen molar-refractivity contribution in [3.8, 4) is 0 Å². The van der Waals surface area contributed by atoms with Crippen molar-refractivity contribution in [2.75, 3.05) is 13.2 Å². The molecule has 0 aliphatic rings. The number of rotatable bonds is 5. The monoisotopic (exact) mass is 223 g/mol. The number of aromatic nitrogens is 1. The maximum absolute atomic E-state index is 11.7. The van der Waals surface area contributed by atoms with Gasteiger partial charge in [-0.15, -0.1) is 0 Å². The Morgan fingerprint density at radius 3 is 2.62 bits per heavy atom. The molecule has 3 heteroatoms. The molecule has 0 atom stereocenters. The lowest BCUT2D eigenvalue weighted by molar-refractivity contribution is 0.0698. The first-order chi connectivity index (χ1) is 7.40. The van der Waals surface area contributed by atoms with Crippen molar-refractivity contribution < 1.29 is 9.53 Å². The number of hydrogen-bond donors (Lipinski definition) is 0. The molecule has 0 bridgehead atoms. The summed E-state index contributed by atoms with van der Waals surface area (Å²) in [5, 5.41) is 0. The number of nitrogens with zero attached hydrogens (tertiary/aromatic N) is 1. The van der Waals surface area contributed by atoms with Crippen LogP contribution in [-0.2, 0) is 11.8 Å². The van der Waals surface area contributed by atoms with Crippen LogP contribution in [0.4, 0.5) is 0 Å². The SMILES string of the molecule is Cn1cccc1C(=O)COCCC(C)(C)C. The van der Waals surface area contributed by atoms with Gasteiger partial charge in [-0.25, -0.2) is 0 Å². The summed E-state index contributed by atoms with van der Waals surface area (Å²) in [4.78, 5) is 11.7. The highest BCUT2D eigenvalue weighted by molar-refractivity contribution is 5.95. The Hall–Kier alpha value is -1.09. The van der Waals surface area contributed by atoms with Crippen molar-refractivity contribution in [1.29, 1.82) is 0 Å². The summed E-state index contributed by atoms with van der Waals surface area (Å²) in [7, 11) is 1.86. The molecule has 0 saturated heterocycles. The molecular weight excluding hydrogens is 202 g/mol. The number of Topliss-reactive ketones (excluding diaryl/α,β-unsaturated/α-hetero) is 1. The Morgan fingerprint density at radius 2 is 2.12 bits per heavy atom. The fourth-order valence-corrected chi connectivity index (χ4v) is 1.37. The van der Waals surface area contributed by atoms with Crippen LogP contribution in [0.15, 0.2) is 18.3 Å². The molecule has 1 aromatic rings. The van der Waals surface area contributed by atoms with Gasteiger partial charge in [0.2, 0.25) is 5.78 Å². The van der Waals surface area contributed by atoms with Crippen LogP contribution in [-0.4, -0.2) is 23.6 Å². The first-order valence-electron chi connectivity index (χ1n) is 5.62. The van der Waals surface area contributed by atoms with E-state index in [-0.39, 0.29) is 17.8 Å². The van der Waals surface area contributed by atoms with E-state index < -0.39 is 0 Å². The van der Waals surface area contributed by atoms with Gasteiger partial charge in [0.25, 0.3) is 0 Å². The maximum Gasteiger partial charge on any atom is 0.204 e. The number of hydrogen-bond acceptors (Lipinski definition) is 2. The lowest BCUT2D eigenvalue weighted by atomic mass is 9.93. The van der Waals surface area contributed by atoms with E-state index in [2.05, 4.69) is 20.8 Å². The van der Waals surface area contributed by atoms with Gasteiger partial charge in [-0.2, -0.15) is 0 Å². The Bertz CT molecular complexity index is 347. The average molecular weight is 223 g/mol. The molecule has 0 amide bonds. The van der Waals surface area contributed by atoms with Crippen LogP contribution >= 0.6 is 0 Å². The molecule has 90 valence electrons. The zero-order valence-corrected chi connectivity index (χ0v) is 10.6. The fourth-order valence-electron chi connectivity index (χ4n) is 1.37. The van der Waals surface area contributed by atoms with E-state index in [4.69, 9.17) is 4.74 Å². The summed E-state index contributed by atoms with van der Waals surface area (Å²) in [6.07, 6.45) is 2.83. The second-order valence-electron chi connectivity index (χ2n) is 5.29. The highest BCUT2D eigenvalue weighted by atomic mass is 16.5. The molecule has 0 saturated carbocycles. The quantitative estimate of drug-likeness (QED) is 0.567. The molecule has 0 N–H and O–H groups in total. The lowest BCUT2D eigenvalue weighted by Gasteiger charge is -2.17. The molecule has 0 unspecified atom stereocenters. The molecule has 0 aliphatic carbocycles. The highest BCUT2D eigenvalue weighted by Crippen LogP contribution is 2.17. The molecule has 16 heavy (non-hydrogen) atoms. The first-order valence-corrected chi connectivity index (χ1v) is 5.62. The van der Waals surface area contributed by atoms with Crippen molar-refractivity contribution in [1.82, 2.24) is 4.57 Å². The molecule has 1 rings (SSSR count). The summed E-state index contributed by atoms with van der Waals surface area (Å²) in [6.45, 7) is 7.30. The number of ketones is 1. The van der Waals surface area contributed by atoms with E-state index in [1.807, 2.05) is 29.9 Å². The average Bonchev–Trinajstić information content (AvgIpc) is 2.57. The third kappa shape index (κ3) is 4.19. The van der Waals surface area contributed by atoms with Gasteiger partial charge in [-0.05, 0) is 24.0 Å². The standard InChI is InChI=1S/C13H21NO2/c1-13(2,3)7-9-16-10-12(15)11-6-5-8-14(11)4/h5-6,8H,7,9-10H2,1-4H3. The zero-order chi connectivity index (χ0) is 12.2. The molecule has 0 fully saturated rings. The van der Waals surface area contributed by atoms with Crippen LogP contribution in [0.3, 0.4) is 0 Å². The van der Waals surface area contributed by atoms with E-state index in [9.17, 15) is 4.79 Å². The Labute approximate surface area is 97.4 Å². The molecular formula is C13H21NO2. The molecule has 1 aromatic heterocycles. The summed E-state index contributed by atoms with van der Waals surface area (Å²) in [6, 6.07) is 3.68. The van der Waals surface area contributed by atoms with E-state index in [1.54, 1.807) is 0 Å². The molecule has 1 heterocycles. The van der Waals surface area contributed by atoms with Gasteiger partial charge >= 0.3 is 0 Å². The topological polar surface area (TPSA) is 31.2 Å². The van der Waals surface area contributed by atoms with Gasteiger partial charge in [-0.1, -0.05) is 20.8 Å².